The number of thiol groups is 1. The number of carbonyl (C=O) groups is 1. The van der Waals surface area contributed by atoms with Crippen molar-refractivity contribution in [2.24, 2.45) is 0 Å². The number of hydrogen-bond donors (Lipinski definition) is 1. The first-order chi connectivity index (χ1) is 7.50. The molecule has 1 unspecified atom stereocenters. The van der Waals surface area contributed by atoms with Crippen molar-refractivity contribution in [3.8, 4) is 0 Å². The predicted octanol–water partition coefficient (Wildman–Crippen LogP) is 2.65. The molecule has 0 N–H and O–H groups in total. The van der Waals surface area contributed by atoms with E-state index in [-0.39, 0.29) is 23.3 Å². The van der Waals surface area contributed by atoms with E-state index in [1.807, 2.05) is 0 Å². The molecule has 1 aromatic carbocycles. The van der Waals surface area contributed by atoms with Gasteiger partial charge in [0, 0.05) is 18.2 Å². The third kappa shape index (κ3) is 1.89. The van der Waals surface area contributed by atoms with Gasteiger partial charge in [-0.15, -0.1) is 0 Å². The topological polar surface area (TPSA) is 20.3 Å². The van der Waals surface area contributed by atoms with Crippen molar-refractivity contribution in [2.75, 3.05) is 11.4 Å². The molecule has 1 amide bonds. The van der Waals surface area contributed by atoms with Crippen molar-refractivity contribution in [1.82, 2.24) is 0 Å². The molecule has 1 aromatic rings. The SMILES string of the molecule is O=C1CC(S)CN1c1ccc(F)c(Cl)c1F. The highest BCUT2D eigenvalue weighted by Gasteiger charge is 2.30. The molecule has 6 heteroatoms. The molecule has 1 saturated heterocycles. The van der Waals surface area contributed by atoms with Crippen LogP contribution in [0.25, 0.3) is 0 Å². The third-order valence-corrected chi connectivity index (χ3v) is 3.10. The minimum atomic E-state index is -0.905. The van der Waals surface area contributed by atoms with Gasteiger partial charge in [-0.3, -0.25) is 4.79 Å². The first kappa shape index (κ1) is 11.7. The molecule has 1 fully saturated rings. The molecule has 2 rings (SSSR count). The van der Waals surface area contributed by atoms with E-state index < -0.39 is 16.7 Å². The molecular weight excluding hydrogens is 256 g/mol. The summed E-state index contributed by atoms with van der Waals surface area (Å²) in [6.07, 6.45) is 0.248. The zero-order chi connectivity index (χ0) is 11.9. The molecule has 1 aliphatic rings. The van der Waals surface area contributed by atoms with Crippen LogP contribution in [0, 0.1) is 11.6 Å². The first-order valence-corrected chi connectivity index (χ1v) is 5.52. The zero-order valence-corrected chi connectivity index (χ0v) is 9.73. The lowest BCUT2D eigenvalue weighted by Gasteiger charge is -2.17. The number of halogens is 3. The van der Waals surface area contributed by atoms with Gasteiger partial charge in [-0.05, 0) is 12.1 Å². The van der Waals surface area contributed by atoms with E-state index in [2.05, 4.69) is 12.6 Å². The molecule has 0 aliphatic carbocycles. The predicted molar refractivity (Wildman–Crippen MR) is 61.1 cm³/mol. The summed E-state index contributed by atoms with van der Waals surface area (Å²) >= 11 is 9.59. The normalized spacial score (nSPS) is 20.6. The van der Waals surface area contributed by atoms with Crippen LogP contribution in [0.15, 0.2) is 12.1 Å². The second-order valence-corrected chi connectivity index (χ2v) is 4.67. The molecule has 0 spiro atoms. The molecule has 86 valence electrons. The Bertz CT molecular complexity index is 455. The smallest absolute Gasteiger partial charge is 0.228 e. The van der Waals surface area contributed by atoms with Gasteiger partial charge in [0.1, 0.15) is 10.8 Å². The minimum absolute atomic E-state index is 0.00736. The largest absolute Gasteiger partial charge is 0.308 e. The highest BCUT2D eigenvalue weighted by Crippen LogP contribution is 2.31. The summed E-state index contributed by atoms with van der Waals surface area (Å²) in [5.74, 6) is -1.98. The average molecular weight is 264 g/mol. The lowest BCUT2D eigenvalue weighted by atomic mass is 10.2. The number of rotatable bonds is 1. The Balaban J connectivity index is 2.42. The van der Waals surface area contributed by atoms with Crippen molar-refractivity contribution >= 4 is 35.8 Å². The number of hydrogen-bond acceptors (Lipinski definition) is 2. The van der Waals surface area contributed by atoms with Crippen LogP contribution < -0.4 is 4.90 Å². The van der Waals surface area contributed by atoms with E-state index in [0.717, 1.165) is 6.07 Å². The van der Waals surface area contributed by atoms with Crippen molar-refractivity contribution in [2.45, 2.75) is 11.7 Å². The molecule has 0 radical (unpaired) electrons. The monoisotopic (exact) mass is 263 g/mol. The zero-order valence-electron chi connectivity index (χ0n) is 8.08. The minimum Gasteiger partial charge on any atom is -0.308 e. The van der Waals surface area contributed by atoms with E-state index in [0.29, 0.717) is 6.54 Å². The number of nitrogens with zero attached hydrogens (tertiary/aromatic N) is 1. The van der Waals surface area contributed by atoms with Crippen LogP contribution in [0.2, 0.25) is 5.02 Å². The molecule has 1 atom stereocenters. The van der Waals surface area contributed by atoms with Gasteiger partial charge in [0.15, 0.2) is 5.82 Å². The number of carbonyl (C=O) groups excluding carboxylic acids is 1. The quantitative estimate of drug-likeness (QED) is 0.610. The Morgan fingerprint density at radius 1 is 1.44 bits per heavy atom. The standard InChI is InChI=1S/C10H8ClF2NOS/c11-9-6(12)1-2-7(10(9)13)14-4-5(16)3-8(14)15/h1-2,5,16H,3-4H2. The maximum absolute atomic E-state index is 13.6. The van der Waals surface area contributed by atoms with Gasteiger partial charge in [0.25, 0.3) is 0 Å². The van der Waals surface area contributed by atoms with Crippen molar-refractivity contribution < 1.29 is 13.6 Å². The summed E-state index contributed by atoms with van der Waals surface area (Å²) in [7, 11) is 0. The van der Waals surface area contributed by atoms with Crippen LogP contribution in [-0.2, 0) is 4.79 Å². The van der Waals surface area contributed by atoms with Crippen LogP contribution in [0.4, 0.5) is 14.5 Å². The van der Waals surface area contributed by atoms with E-state index in [9.17, 15) is 13.6 Å². The van der Waals surface area contributed by atoms with Gasteiger partial charge in [-0.2, -0.15) is 12.6 Å². The van der Waals surface area contributed by atoms with E-state index in [1.165, 1.54) is 11.0 Å². The molecule has 0 bridgehead atoms. The van der Waals surface area contributed by atoms with E-state index >= 15 is 0 Å². The molecule has 1 heterocycles. The molecule has 1 aliphatic heterocycles. The van der Waals surface area contributed by atoms with Crippen molar-refractivity contribution in [1.29, 1.82) is 0 Å². The van der Waals surface area contributed by atoms with Gasteiger partial charge in [0.2, 0.25) is 5.91 Å². The highest BCUT2D eigenvalue weighted by molar-refractivity contribution is 7.81. The van der Waals surface area contributed by atoms with Gasteiger partial charge >= 0.3 is 0 Å². The van der Waals surface area contributed by atoms with E-state index in [1.54, 1.807) is 0 Å². The molecular formula is C10H8ClF2NOS. The van der Waals surface area contributed by atoms with Gasteiger partial charge in [-0.25, -0.2) is 8.78 Å². The maximum atomic E-state index is 13.6. The van der Waals surface area contributed by atoms with Gasteiger partial charge in [0.05, 0.1) is 5.69 Å². The van der Waals surface area contributed by atoms with Crippen LogP contribution in [0.3, 0.4) is 0 Å². The Morgan fingerprint density at radius 2 is 2.12 bits per heavy atom. The van der Waals surface area contributed by atoms with Crippen LogP contribution in [0.1, 0.15) is 6.42 Å². The number of anilines is 1. The molecule has 0 saturated carbocycles. The molecule has 2 nitrogen and oxygen atoms in total. The third-order valence-electron chi connectivity index (χ3n) is 2.41. The molecule has 0 aromatic heterocycles. The fourth-order valence-corrected chi connectivity index (χ4v) is 2.13. The van der Waals surface area contributed by atoms with Crippen LogP contribution >= 0.6 is 24.2 Å². The van der Waals surface area contributed by atoms with Gasteiger partial charge < -0.3 is 4.90 Å². The Morgan fingerprint density at radius 3 is 2.69 bits per heavy atom. The lowest BCUT2D eigenvalue weighted by Crippen LogP contribution is -2.25. The van der Waals surface area contributed by atoms with Crippen molar-refractivity contribution in [3.05, 3.63) is 28.8 Å². The Hall–Kier alpha value is -0.810. The lowest BCUT2D eigenvalue weighted by molar-refractivity contribution is -0.117. The van der Waals surface area contributed by atoms with Gasteiger partial charge in [-0.1, -0.05) is 11.6 Å². The average Bonchev–Trinajstić information content (AvgIpc) is 2.55. The number of benzene rings is 1. The molecule has 16 heavy (non-hydrogen) atoms. The summed E-state index contributed by atoms with van der Waals surface area (Å²) in [6, 6.07) is 2.25. The summed E-state index contributed by atoms with van der Waals surface area (Å²) in [6.45, 7) is 0.306. The van der Waals surface area contributed by atoms with Crippen LogP contribution in [0.5, 0.6) is 0 Å². The number of amides is 1. The van der Waals surface area contributed by atoms with Crippen LogP contribution in [-0.4, -0.2) is 17.7 Å². The maximum Gasteiger partial charge on any atom is 0.228 e. The fourth-order valence-electron chi connectivity index (χ4n) is 1.65. The fraction of sp³-hybridized carbons (Fsp3) is 0.300. The summed E-state index contributed by atoms with van der Waals surface area (Å²) in [5, 5.41) is -0.719. The first-order valence-electron chi connectivity index (χ1n) is 4.62. The van der Waals surface area contributed by atoms with Crippen molar-refractivity contribution in [3.63, 3.8) is 0 Å². The summed E-state index contributed by atoms with van der Waals surface area (Å²) in [5.41, 5.74) is 0.00736. The Kier molecular flexibility index (Phi) is 3.08. The highest BCUT2D eigenvalue weighted by atomic mass is 35.5. The van der Waals surface area contributed by atoms with E-state index in [4.69, 9.17) is 11.6 Å². The second-order valence-electron chi connectivity index (χ2n) is 3.56. The summed E-state index contributed by atoms with van der Waals surface area (Å²) < 4.78 is 26.6. The summed E-state index contributed by atoms with van der Waals surface area (Å²) in [4.78, 5) is 12.7. The Labute approximate surface area is 102 Å². The second kappa shape index (κ2) is 4.22.